The molecule has 0 radical (unpaired) electrons. The number of hydrogen-bond acceptors (Lipinski definition) is 0. The van der Waals surface area contributed by atoms with E-state index in [0.29, 0.717) is 0 Å². The van der Waals surface area contributed by atoms with Gasteiger partial charge in [-0.05, 0) is 39.4 Å². The summed E-state index contributed by atoms with van der Waals surface area (Å²) >= 11 is 0. The molecule has 0 aromatic heterocycles. The third-order valence-corrected chi connectivity index (χ3v) is 3.82. The van der Waals surface area contributed by atoms with Crippen molar-refractivity contribution in [2.24, 2.45) is 0 Å². The van der Waals surface area contributed by atoms with Crippen molar-refractivity contribution in [3.05, 3.63) is 97.1 Å². The van der Waals surface area contributed by atoms with Crippen molar-refractivity contribution in [1.29, 1.82) is 0 Å². The van der Waals surface area contributed by atoms with Crippen LogP contribution in [0.5, 0.6) is 0 Å². The van der Waals surface area contributed by atoms with Gasteiger partial charge in [-0.3, -0.25) is 0 Å². The van der Waals surface area contributed by atoms with Crippen LogP contribution in [0.1, 0.15) is 11.1 Å². The zero-order valence-corrected chi connectivity index (χ0v) is 12.5. The second-order valence-corrected chi connectivity index (χ2v) is 5.23. The fourth-order valence-electron chi connectivity index (χ4n) is 2.50. The van der Waals surface area contributed by atoms with E-state index in [1.165, 1.54) is 22.3 Å². The van der Waals surface area contributed by atoms with E-state index in [4.69, 9.17) is 0 Å². The van der Waals surface area contributed by atoms with Gasteiger partial charge < -0.3 is 0 Å². The molecule has 0 atom stereocenters. The fourth-order valence-corrected chi connectivity index (χ4v) is 2.50. The van der Waals surface area contributed by atoms with Crippen LogP contribution in [0.25, 0.3) is 34.4 Å². The smallest absolute Gasteiger partial charge is 0.0178 e. The summed E-state index contributed by atoms with van der Waals surface area (Å²) < 4.78 is 0. The molecule has 0 bridgehead atoms. The van der Waals surface area contributed by atoms with Crippen LogP contribution in [0.2, 0.25) is 0 Å². The van der Waals surface area contributed by atoms with Crippen molar-refractivity contribution >= 4 is 12.2 Å². The van der Waals surface area contributed by atoms with Crippen LogP contribution in [-0.2, 0) is 0 Å². The maximum absolute atomic E-state index is 3.79. The van der Waals surface area contributed by atoms with Crippen LogP contribution in [-0.4, -0.2) is 0 Å². The van der Waals surface area contributed by atoms with Crippen LogP contribution >= 0.6 is 0 Å². The standard InChI is InChI=1S/C22H18/c1-3-17-8-12-19(13-9-17)21-6-5-7-22(16-21)20-14-10-18(4-2)11-15-20/h3-16H,1-2H2. The van der Waals surface area contributed by atoms with E-state index >= 15 is 0 Å². The lowest BCUT2D eigenvalue weighted by Gasteiger charge is -2.07. The Hall–Kier alpha value is -2.86. The first-order valence-electron chi connectivity index (χ1n) is 7.36. The molecule has 0 saturated heterocycles. The highest BCUT2D eigenvalue weighted by Gasteiger charge is 2.02. The Bertz CT molecular complexity index is 723. The Morgan fingerprint density at radius 1 is 0.500 bits per heavy atom. The average molecular weight is 282 g/mol. The molecule has 0 fully saturated rings. The molecule has 0 amide bonds. The van der Waals surface area contributed by atoms with Crippen LogP contribution in [0.4, 0.5) is 0 Å². The summed E-state index contributed by atoms with van der Waals surface area (Å²) in [5.74, 6) is 0. The molecule has 3 aromatic rings. The van der Waals surface area contributed by atoms with Crippen molar-refractivity contribution in [2.75, 3.05) is 0 Å². The lowest BCUT2D eigenvalue weighted by molar-refractivity contribution is 1.57. The van der Waals surface area contributed by atoms with Crippen LogP contribution in [0.15, 0.2) is 86.0 Å². The van der Waals surface area contributed by atoms with Gasteiger partial charge in [0.05, 0.1) is 0 Å². The number of rotatable bonds is 4. The molecule has 0 heteroatoms. The predicted molar refractivity (Wildman–Crippen MR) is 97.5 cm³/mol. The SMILES string of the molecule is C=Cc1ccc(-c2cccc(-c3ccc(C=C)cc3)c2)cc1. The zero-order valence-electron chi connectivity index (χ0n) is 12.5. The summed E-state index contributed by atoms with van der Waals surface area (Å²) in [6.45, 7) is 7.59. The van der Waals surface area contributed by atoms with Gasteiger partial charge in [-0.1, -0.05) is 92.0 Å². The molecule has 106 valence electrons. The molecule has 0 aliphatic rings. The first-order chi connectivity index (χ1) is 10.8. The molecule has 0 heterocycles. The second-order valence-electron chi connectivity index (χ2n) is 5.23. The Labute approximate surface area is 132 Å². The van der Waals surface area contributed by atoms with Gasteiger partial charge in [-0.25, -0.2) is 0 Å². The van der Waals surface area contributed by atoms with E-state index in [1.807, 2.05) is 12.2 Å². The van der Waals surface area contributed by atoms with Gasteiger partial charge in [0.2, 0.25) is 0 Å². The summed E-state index contributed by atoms with van der Waals surface area (Å²) in [5.41, 5.74) is 7.16. The third-order valence-electron chi connectivity index (χ3n) is 3.82. The normalized spacial score (nSPS) is 10.2. The highest BCUT2D eigenvalue weighted by Crippen LogP contribution is 2.27. The highest BCUT2D eigenvalue weighted by atomic mass is 14.1. The summed E-state index contributed by atoms with van der Waals surface area (Å²) in [6.07, 6.45) is 3.72. The van der Waals surface area contributed by atoms with Gasteiger partial charge in [-0.2, -0.15) is 0 Å². The van der Waals surface area contributed by atoms with Gasteiger partial charge in [0.15, 0.2) is 0 Å². The molecular formula is C22H18. The van der Waals surface area contributed by atoms with E-state index in [1.54, 1.807) is 0 Å². The molecule has 0 aliphatic heterocycles. The van der Waals surface area contributed by atoms with Gasteiger partial charge in [-0.15, -0.1) is 0 Å². The summed E-state index contributed by atoms with van der Waals surface area (Å²) in [6, 6.07) is 25.5. The first-order valence-corrected chi connectivity index (χ1v) is 7.36. The van der Waals surface area contributed by atoms with Crippen molar-refractivity contribution in [2.45, 2.75) is 0 Å². The second kappa shape index (κ2) is 6.28. The van der Waals surface area contributed by atoms with Crippen molar-refractivity contribution < 1.29 is 0 Å². The molecular weight excluding hydrogens is 264 g/mol. The van der Waals surface area contributed by atoms with E-state index in [2.05, 4.69) is 86.0 Å². The molecule has 22 heavy (non-hydrogen) atoms. The Morgan fingerprint density at radius 3 is 1.27 bits per heavy atom. The Morgan fingerprint density at radius 2 is 0.909 bits per heavy atom. The minimum absolute atomic E-state index is 1.14. The van der Waals surface area contributed by atoms with E-state index < -0.39 is 0 Å². The number of hydrogen-bond donors (Lipinski definition) is 0. The van der Waals surface area contributed by atoms with E-state index in [9.17, 15) is 0 Å². The maximum atomic E-state index is 3.79. The predicted octanol–water partition coefficient (Wildman–Crippen LogP) is 6.31. The van der Waals surface area contributed by atoms with Gasteiger partial charge >= 0.3 is 0 Å². The van der Waals surface area contributed by atoms with Crippen molar-refractivity contribution in [3.8, 4) is 22.3 Å². The molecule has 0 unspecified atom stereocenters. The molecule has 3 aromatic carbocycles. The van der Waals surface area contributed by atoms with Crippen molar-refractivity contribution in [3.63, 3.8) is 0 Å². The summed E-state index contributed by atoms with van der Waals surface area (Å²) in [5, 5.41) is 0. The summed E-state index contributed by atoms with van der Waals surface area (Å²) in [4.78, 5) is 0. The highest BCUT2D eigenvalue weighted by molar-refractivity contribution is 5.74. The Balaban J connectivity index is 1.97. The molecule has 0 aliphatic carbocycles. The molecule has 3 rings (SSSR count). The molecule has 0 nitrogen and oxygen atoms in total. The van der Waals surface area contributed by atoms with Gasteiger partial charge in [0.1, 0.15) is 0 Å². The minimum Gasteiger partial charge on any atom is -0.0985 e. The fraction of sp³-hybridized carbons (Fsp3) is 0. The zero-order chi connectivity index (χ0) is 15.4. The van der Waals surface area contributed by atoms with Crippen LogP contribution in [0, 0.1) is 0 Å². The minimum atomic E-state index is 1.14. The van der Waals surface area contributed by atoms with Crippen LogP contribution in [0.3, 0.4) is 0 Å². The number of benzene rings is 3. The quantitative estimate of drug-likeness (QED) is 0.526. The van der Waals surface area contributed by atoms with Gasteiger partial charge in [0, 0.05) is 0 Å². The van der Waals surface area contributed by atoms with Gasteiger partial charge in [0.25, 0.3) is 0 Å². The lowest BCUT2D eigenvalue weighted by atomic mass is 9.98. The lowest BCUT2D eigenvalue weighted by Crippen LogP contribution is -1.82. The molecule has 0 saturated carbocycles. The van der Waals surface area contributed by atoms with Crippen LogP contribution < -0.4 is 0 Å². The molecule has 0 N–H and O–H groups in total. The summed E-state index contributed by atoms with van der Waals surface area (Å²) in [7, 11) is 0. The topological polar surface area (TPSA) is 0 Å². The maximum Gasteiger partial charge on any atom is -0.0178 e. The molecule has 0 spiro atoms. The van der Waals surface area contributed by atoms with E-state index in [0.717, 1.165) is 11.1 Å². The monoisotopic (exact) mass is 282 g/mol. The third kappa shape index (κ3) is 2.91. The first kappa shape index (κ1) is 14.1. The van der Waals surface area contributed by atoms with E-state index in [-0.39, 0.29) is 0 Å². The van der Waals surface area contributed by atoms with Crippen molar-refractivity contribution in [1.82, 2.24) is 0 Å². The largest absolute Gasteiger partial charge is 0.0985 e. The average Bonchev–Trinajstić information content (AvgIpc) is 2.62. The Kier molecular flexibility index (Phi) is 4.02.